The molecule has 6 heteroatoms. The lowest BCUT2D eigenvalue weighted by Gasteiger charge is -2.14. The van der Waals surface area contributed by atoms with Crippen molar-refractivity contribution < 1.29 is 24.9 Å². The predicted molar refractivity (Wildman–Crippen MR) is 63.4 cm³/mol. The third-order valence-corrected chi connectivity index (χ3v) is 2.86. The number of aromatic carboxylic acids is 1. The second kappa shape index (κ2) is 5.34. The summed E-state index contributed by atoms with van der Waals surface area (Å²) in [5.41, 5.74) is 0.914. The molecule has 6 nitrogen and oxygen atoms in total. The molecule has 4 N–H and O–H groups in total. The molecular formula is C12H15NO5. The van der Waals surface area contributed by atoms with E-state index in [1.54, 1.807) is 12.1 Å². The average Bonchev–Trinajstić information content (AvgIpc) is 2.70. The van der Waals surface area contributed by atoms with Gasteiger partial charge in [0.05, 0.1) is 18.3 Å². The molecule has 0 aliphatic carbocycles. The van der Waals surface area contributed by atoms with Crippen molar-refractivity contribution in [2.75, 3.05) is 11.9 Å². The van der Waals surface area contributed by atoms with Gasteiger partial charge in [-0.1, -0.05) is 0 Å². The number of nitrogens with one attached hydrogen (secondary N) is 1. The van der Waals surface area contributed by atoms with E-state index < -0.39 is 18.2 Å². The summed E-state index contributed by atoms with van der Waals surface area (Å²) in [4.78, 5) is 10.7. The number of ether oxygens (including phenoxy) is 1. The van der Waals surface area contributed by atoms with Gasteiger partial charge in [0.15, 0.2) is 0 Å². The van der Waals surface area contributed by atoms with Crippen LogP contribution in [0.15, 0.2) is 24.3 Å². The lowest BCUT2D eigenvalue weighted by Crippen LogP contribution is -2.25. The highest BCUT2D eigenvalue weighted by atomic mass is 16.5. The minimum atomic E-state index is -0.977. The van der Waals surface area contributed by atoms with Gasteiger partial charge in [0, 0.05) is 12.1 Å². The molecule has 1 saturated heterocycles. The van der Waals surface area contributed by atoms with Crippen LogP contribution in [0.2, 0.25) is 0 Å². The first-order valence-corrected chi connectivity index (χ1v) is 5.64. The van der Waals surface area contributed by atoms with E-state index in [4.69, 9.17) is 14.9 Å². The molecule has 1 aromatic carbocycles. The fraction of sp³-hybridized carbons (Fsp3) is 0.417. The molecule has 0 saturated carbocycles. The molecule has 0 spiro atoms. The summed E-state index contributed by atoms with van der Waals surface area (Å²) in [7, 11) is 0. The SMILES string of the molecule is O=C(O)c1ccc(N[C@@H]2C[C@H](O)[C@H](CO)O2)cc1. The van der Waals surface area contributed by atoms with E-state index >= 15 is 0 Å². The van der Waals surface area contributed by atoms with Crippen LogP contribution in [0.25, 0.3) is 0 Å². The number of aliphatic hydroxyl groups excluding tert-OH is 2. The number of aliphatic hydroxyl groups is 2. The topological polar surface area (TPSA) is 99.0 Å². The normalized spacial score (nSPS) is 27.1. The summed E-state index contributed by atoms with van der Waals surface area (Å²) in [5.74, 6) is -0.977. The van der Waals surface area contributed by atoms with Crippen molar-refractivity contribution in [1.29, 1.82) is 0 Å². The molecule has 2 rings (SSSR count). The van der Waals surface area contributed by atoms with E-state index in [0.717, 1.165) is 0 Å². The smallest absolute Gasteiger partial charge is 0.335 e. The molecular weight excluding hydrogens is 238 g/mol. The molecule has 1 aliphatic rings. The van der Waals surface area contributed by atoms with Gasteiger partial charge in [-0.3, -0.25) is 0 Å². The molecule has 18 heavy (non-hydrogen) atoms. The standard InChI is InChI=1S/C12H15NO5/c14-6-10-9(15)5-11(18-10)13-8-3-1-7(2-4-8)12(16)17/h1-4,9-11,13-15H,5-6H2,(H,16,17)/t9-,10-,11-/m0/s1. The van der Waals surface area contributed by atoms with Gasteiger partial charge < -0.3 is 25.4 Å². The first-order chi connectivity index (χ1) is 8.60. The van der Waals surface area contributed by atoms with Gasteiger partial charge in [-0.05, 0) is 24.3 Å². The van der Waals surface area contributed by atoms with E-state index in [9.17, 15) is 9.90 Å². The van der Waals surface area contributed by atoms with E-state index in [1.165, 1.54) is 12.1 Å². The number of anilines is 1. The maximum absolute atomic E-state index is 10.7. The van der Waals surface area contributed by atoms with Crippen LogP contribution >= 0.6 is 0 Å². The molecule has 3 atom stereocenters. The van der Waals surface area contributed by atoms with Crippen molar-refractivity contribution in [3.63, 3.8) is 0 Å². The monoisotopic (exact) mass is 253 g/mol. The molecule has 0 unspecified atom stereocenters. The Balaban J connectivity index is 1.96. The number of carbonyl (C=O) groups is 1. The average molecular weight is 253 g/mol. The summed E-state index contributed by atoms with van der Waals surface area (Å²) in [6, 6.07) is 6.23. The van der Waals surface area contributed by atoms with E-state index in [1.807, 2.05) is 0 Å². The van der Waals surface area contributed by atoms with Crippen LogP contribution < -0.4 is 5.32 Å². The van der Waals surface area contributed by atoms with E-state index in [-0.39, 0.29) is 18.4 Å². The molecule has 1 aromatic rings. The van der Waals surface area contributed by atoms with Crippen molar-refractivity contribution in [3.05, 3.63) is 29.8 Å². The first kappa shape index (κ1) is 12.8. The highest BCUT2D eigenvalue weighted by Gasteiger charge is 2.33. The Bertz CT molecular complexity index is 419. The molecule has 0 bridgehead atoms. The molecule has 1 fully saturated rings. The minimum Gasteiger partial charge on any atom is -0.478 e. The molecule has 0 radical (unpaired) electrons. The summed E-state index contributed by atoms with van der Waals surface area (Å²) in [6.45, 7) is -0.225. The summed E-state index contributed by atoms with van der Waals surface area (Å²) >= 11 is 0. The Morgan fingerprint density at radius 2 is 2.06 bits per heavy atom. The largest absolute Gasteiger partial charge is 0.478 e. The van der Waals surface area contributed by atoms with Crippen LogP contribution in [0.3, 0.4) is 0 Å². The third kappa shape index (κ3) is 2.79. The summed E-state index contributed by atoms with van der Waals surface area (Å²) in [5, 5.41) is 30.3. The quantitative estimate of drug-likeness (QED) is 0.614. The second-order valence-electron chi connectivity index (χ2n) is 4.18. The Hall–Kier alpha value is -1.63. The van der Waals surface area contributed by atoms with Crippen LogP contribution in [0.5, 0.6) is 0 Å². The Morgan fingerprint density at radius 1 is 1.39 bits per heavy atom. The summed E-state index contributed by atoms with van der Waals surface area (Å²) in [6.07, 6.45) is -1.26. The highest BCUT2D eigenvalue weighted by molar-refractivity contribution is 5.87. The zero-order chi connectivity index (χ0) is 13.1. The van der Waals surface area contributed by atoms with Gasteiger partial charge in [0.2, 0.25) is 0 Å². The highest BCUT2D eigenvalue weighted by Crippen LogP contribution is 2.22. The Kier molecular flexibility index (Phi) is 3.81. The van der Waals surface area contributed by atoms with Gasteiger partial charge in [-0.2, -0.15) is 0 Å². The summed E-state index contributed by atoms with van der Waals surface area (Å²) < 4.78 is 5.38. The number of benzene rings is 1. The lowest BCUT2D eigenvalue weighted by molar-refractivity contribution is -0.0149. The third-order valence-electron chi connectivity index (χ3n) is 2.86. The minimum absolute atomic E-state index is 0.209. The number of rotatable bonds is 4. The van der Waals surface area contributed by atoms with E-state index in [2.05, 4.69) is 5.32 Å². The van der Waals surface area contributed by atoms with Crippen LogP contribution in [0.1, 0.15) is 16.8 Å². The maximum Gasteiger partial charge on any atom is 0.335 e. The predicted octanol–water partition coefficient (Wildman–Crippen LogP) is 0.265. The zero-order valence-electron chi connectivity index (χ0n) is 9.61. The number of carboxylic acid groups (broad SMARTS) is 1. The van der Waals surface area contributed by atoms with Gasteiger partial charge in [-0.15, -0.1) is 0 Å². The molecule has 98 valence electrons. The van der Waals surface area contributed by atoms with Crippen molar-refractivity contribution in [3.8, 4) is 0 Å². The fourth-order valence-electron chi connectivity index (χ4n) is 1.88. The van der Waals surface area contributed by atoms with Crippen LogP contribution in [-0.2, 0) is 4.74 Å². The molecule has 1 aliphatic heterocycles. The maximum atomic E-state index is 10.7. The molecule has 1 heterocycles. The Morgan fingerprint density at radius 3 is 2.56 bits per heavy atom. The fourth-order valence-corrected chi connectivity index (χ4v) is 1.88. The van der Waals surface area contributed by atoms with Crippen LogP contribution in [-0.4, -0.2) is 46.3 Å². The van der Waals surface area contributed by atoms with E-state index in [0.29, 0.717) is 12.1 Å². The first-order valence-electron chi connectivity index (χ1n) is 5.64. The van der Waals surface area contributed by atoms with Gasteiger partial charge in [0.1, 0.15) is 12.3 Å². The van der Waals surface area contributed by atoms with Gasteiger partial charge in [0.25, 0.3) is 0 Å². The Labute approximate surface area is 104 Å². The molecule has 0 amide bonds. The van der Waals surface area contributed by atoms with Gasteiger partial charge >= 0.3 is 5.97 Å². The number of carboxylic acids is 1. The van der Waals surface area contributed by atoms with Crippen LogP contribution in [0, 0.1) is 0 Å². The van der Waals surface area contributed by atoms with Crippen molar-refractivity contribution >= 4 is 11.7 Å². The van der Waals surface area contributed by atoms with Crippen LogP contribution in [0.4, 0.5) is 5.69 Å². The molecule has 0 aromatic heterocycles. The second-order valence-corrected chi connectivity index (χ2v) is 4.18. The zero-order valence-corrected chi connectivity index (χ0v) is 9.61. The number of hydrogen-bond acceptors (Lipinski definition) is 5. The van der Waals surface area contributed by atoms with Crippen molar-refractivity contribution in [2.24, 2.45) is 0 Å². The van der Waals surface area contributed by atoms with Gasteiger partial charge in [-0.25, -0.2) is 4.79 Å². The number of hydrogen-bond donors (Lipinski definition) is 4. The van der Waals surface area contributed by atoms with Crippen molar-refractivity contribution in [1.82, 2.24) is 0 Å². The van der Waals surface area contributed by atoms with Crippen molar-refractivity contribution in [2.45, 2.75) is 24.9 Å². The lowest BCUT2D eigenvalue weighted by atomic mass is 10.2.